The number of rotatable bonds is 7. The summed E-state index contributed by atoms with van der Waals surface area (Å²) in [5, 5.41) is 11.4. The van der Waals surface area contributed by atoms with Crippen LogP contribution in [-0.2, 0) is 14.3 Å². The average molecular weight is 277 g/mol. The number of hydrogen-bond acceptors (Lipinski definition) is 3. The number of hydrogen-bond donors (Lipinski definition) is 2. The molecule has 0 bridgehead atoms. The van der Waals surface area contributed by atoms with Crippen molar-refractivity contribution in [2.45, 2.75) is 19.9 Å². The zero-order valence-corrected chi connectivity index (χ0v) is 11.6. The molecule has 20 heavy (non-hydrogen) atoms. The van der Waals surface area contributed by atoms with E-state index >= 15 is 0 Å². The number of carboxylic acid groups (broad SMARTS) is 1. The van der Waals surface area contributed by atoms with E-state index in [1.54, 1.807) is 6.07 Å². The molecular weight excluding hydrogens is 258 g/mol. The Morgan fingerprint density at radius 2 is 2.20 bits per heavy atom. The third-order valence-corrected chi connectivity index (χ3v) is 2.64. The first-order valence-electron chi connectivity index (χ1n) is 6.41. The Bertz CT molecular complexity index is 496. The average Bonchev–Trinajstić information content (AvgIpc) is 2.43. The van der Waals surface area contributed by atoms with Gasteiger partial charge in [-0.2, -0.15) is 0 Å². The van der Waals surface area contributed by atoms with E-state index in [4.69, 9.17) is 9.84 Å². The van der Waals surface area contributed by atoms with Gasteiger partial charge in [0.25, 0.3) is 0 Å². The molecule has 0 radical (unpaired) electrons. The highest BCUT2D eigenvalue weighted by atomic mass is 16.5. The van der Waals surface area contributed by atoms with Gasteiger partial charge in [0.2, 0.25) is 5.91 Å². The Hall–Kier alpha value is -2.14. The Morgan fingerprint density at radius 3 is 2.85 bits per heavy atom. The van der Waals surface area contributed by atoms with Gasteiger partial charge in [-0.05, 0) is 37.1 Å². The van der Waals surface area contributed by atoms with Crippen molar-refractivity contribution in [2.75, 3.05) is 13.2 Å². The largest absolute Gasteiger partial charge is 0.478 e. The molecule has 0 saturated heterocycles. The summed E-state index contributed by atoms with van der Waals surface area (Å²) in [5.74, 6) is -1.17. The zero-order valence-electron chi connectivity index (χ0n) is 11.6. The summed E-state index contributed by atoms with van der Waals surface area (Å²) < 4.78 is 5.03. The summed E-state index contributed by atoms with van der Waals surface area (Å²) in [6.07, 6.45) is 2.60. The molecule has 0 spiro atoms. The molecule has 0 fully saturated rings. The number of amides is 1. The second kappa shape index (κ2) is 8.12. The third-order valence-electron chi connectivity index (χ3n) is 2.64. The van der Waals surface area contributed by atoms with Gasteiger partial charge in [0.15, 0.2) is 0 Å². The fraction of sp³-hybridized carbons (Fsp3) is 0.333. The first-order chi connectivity index (χ1) is 9.52. The minimum atomic E-state index is -0.992. The summed E-state index contributed by atoms with van der Waals surface area (Å²) in [4.78, 5) is 22.0. The number of aliphatic carboxylic acids is 1. The van der Waals surface area contributed by atoms with Crippen molar-refractivity contribution in [3.63, 3.8) is 0 Å². The SMILES string of the molecule is CCOCC(=O)NC(C)c1cccc(C=CC(=O)O)c1. The fourth-order valence-corrected chi connectivity index (χ4v) is 1.66. The topological polar surface area (TPSA) is 75.6 Å². The quantitative estimate of drug-likeness (QED) is 0.747. The maximum Gasteiger partial charge on any atom is 0.328 e. The van der Waals surface area contributed by atoms with Gasteiger partial charge < -0.3 is 15.2 Å². The van der Waals surface area contributed by atoms with Crippen molar-refractivity contribution < 1.29 is 19.4 Å². The standard InChI is InChI=1S/C15H19NO4/c1-3-20-10-14(17)16-11(2)13-6-4-5-12(9-13)7-8-15(18)19/h4-9,11H,3,10H2,1-2H3,(H,16,17)(H,18,19). The van der Waals surface area contributed by atoms with Crippen molar-refractivity contribution in [3.05, 3.63) is 41.5 Å². The molecule has 1 unspecified atom stereocenters. The molecule has 1 atom stereocenters. The number of carboxylic acids is 1. The molecule has 108 valence electrons. The molecule has 5 nitrogen and oxygen atoms in total. The van der Waals surface area contributed by atoms with Gasteiger partial charge in [0.1, 0.15) is 6.61 Å². The van der Waals surface area contributed by atoms with Crippen molar-refractivity contribution in [1.29, 1.82) is 0 Å². The minimum Gasteiger partial charge on any atom is -0.478 e. The Labute approximate surface area is 118 Å². The summed E-state index contributed by atoms with van der Waals surface area (Å²) >= 11 is 0. The molecule has 0 aliphatic carbocycles. The first kappa shape index (κ1) is 15.9. The van der Waals surface area contributed by atoms with E-state index < -0.39 is 5.97 Å². The van der Waals surface area contributed by atoms with E-state index in [-0.39, 0.29) is 18.6 Å². The molecule has 1 aromatic carbocycles. The van der Waals surface area contributed by atoms with Crippen LogP contribution >= 0.6 is 0 Å². The van der Waals surface area contributed by atoms with Gasteiger partial charge in [0, 0.05) is 12.7 Å². The van der Waals surface area contributed by atoms with E-state index in [1.165, 1.54) is 6.08 Å². The van der Waals surface area contributed by atoms with Crippen molar-refractivity contribution in [2.24, 2.45) is 0 Å². The zero-order chi connectivity index (χ0) is 15.0. The van der Waals surface area contributed by atoms with Crippen molar-refractivity contribution in [3.8, 4) is 0 Å². The highest BCUT2D eigenvalue weighted by Gasteiger charge is 2.09. The molecule has 0 aliphatic heterocycles. The summed E-state index contributed by atoms with van der Waals surface area (Å²) in [7, 11) is 0. The first-order valence-corrected chi connectivity index (χ1v) is 6.41. The van der Waals surface area contributed by atoms with Crippen LogP contribution < -0.4 is 5.32 Å². The summed E-state index contributed by atoms with van der Waals surface area (Å²) in [6.45, 7) is 4.23. The van der Waals surface area contributed by atoms with E-state index in [9.17, 15) is 9.59 Å². The lowest BCUT2D eigenvalue weighted by Gasteiger charge is -2.14. The van der Waals surface area contributed by atoms with Crippen molar-refractivity contribution >= 4 is 18.0 Å². The fourth-order valence-electron chi connectivity index (χ4n) is 1.66. The Kier molecular flexibility index (Phi) is 6.46. The predicted molar refractivity (Wildman–Crippen MR) is 76.2 cm³/mol. The normalized spacial score (nSPS) is 12.3. The highest BCUT2D eigenvalue weighted by Crippen LogP contribution is 2.15. The van der Waals surface area contributed by atoms with Gasteiger partial charge in [-0.1, -0.05) is 18.2 Å². The number of nitrogens with one attached hydrogen (secondary N) is 1. The van der Waals surface area contributed by atoms with Gasteiger partial charge in [-0.3, -0.25) is 4.79 Å². The smallest absolute Gasteiger partial charge is 0.328 e. The Morgan fingerprint density at radius 1 is 1.45 bits per heavy atom. The lowest BCUT2D eigenvalue weighted by molar-refractivity contribution is -0.131. The van der Waals surface area contributed by atoms with Crippen LogP contribution in [0.2, 0.25) is 0 Å². The van der Waals surface area contributed by atoms with Crippen LogP contribution in [0.15, 0.2) is 30.3 Å². The second-order valence-electron chi connectivity index (χ2n) is 4.27. The van der Waals surface area contributed by atoms with Crippen LogP contribution in [0.5, 0.6) is 0 Å². The molecule has 0 heterocycles. The third kappa shape index (κ3) is 5.67. The molecule has 1 aromatic rings. The lowest BCUT2D eigenvalue weighted by atomic mass is 10.0. The van der Waals surface area contributed by atoms with E-state index in [2.05, 4.69) is 5.32 Å². The van der Waals surface area contributed by atoms with Gasteiger partial charge in [0.05, 0.1) is 6.04 Å². The minimum absolute atomic E-state index is 0.0411. The van der Waals surface area contributed by atoms with Crippen LogP contribution in [0, 0.1) is 0 Å². The molecule has 5 heteroatoms. The van der Waals surface area contributed by atoms with Crippen LogP contribution in [0.4, 0.5) is 0 Å². The van der Waals surface area contributed by atoms with Crippen LogP contribution in [0.3, 0.4) is 0 Å². The Balaban J connectivity index is 2.68. The number of benzene rings is 1. The van der Waals surface area contributed by atoms with Crippen LogP contribution in [0.1, 0.15) is 31.0 Å². The summed E-state index contributed by atoms with van der Waals surface area (Å²) in [5.41, 5.74) is 1.68. The molecule has 0 aromatic heterocycles. The van der Waals surface area contributed by atoms with Crippen LogP contribution in [0.25, 0.3) is 6.08 Å². The molecule has 2 N–H and O–H groups in total. The van der Waals surface area contributed by atoms with E-state index in [0.29, 0.717) is 6.61 Å². The lowest BCUT2D eigenvalue weighted by Crippen LogP contribution is -2.30. The van der Waals surface area contributed by atoms with Gasteiger partial charge >= 0.3 is 5.97 Å². The maximum atomic E-state index is 11.6. The highest BCUT2D eigenvalue weighted by molar-refractivity contribution is 5.85. The summed E-state index contributed by atoms with van der Waals surface area (Å²) in [6, 6.07) is 7.18. The van der Waals surface area contributed by atoms with E-state index in [0.717, 1.165) is 17.2 Å². The number of ether oxygens (including phenoxy) is 1. The second-order valence-corrected chi connectivity index (χ2v) is 4.27. The monoisotopic (exact) mass is 277 g/mol. The van der Waals surface area contributed by atoms with E-state index in [1.807, 2.05) is 32.0 Å². The molecule has 1 amide bonds. The number of carbonyl (C=O) groups excluding carboxylic acids is 1. The number of carbonyl (C=O) groups is 2. The van der Waals surface area contributed by atoms with Gasteiger partial charge in [-0.25, -0.2) is 4.79 Å². The van der Waals surface area contributed by atoms with Crippen LogP contribution in [-0.4, -0.2) is 30.2 Å². The molecular formula is C15H19NO4. The predicted octanol–water partition coefficient (Wildman–Crippen LogP) is 2.00. The molecule has 0 saturated carbocycles. The maximum absolute atomic E-state index is 11.6. The molecule has 0 aliphatic rings. The molecule has 1 rings (SSSR count). The van der Waals surface area contributed by atoms with Crippen molar-refractivity contribution in [1.82, 2.24) is 5.32 Å². The van der Waals surface area contributed by atoms with Gasteiger partial charge in [-0.15, -0.1) is 0 Å².